The molecular formula is C10H22N2PtS4+2. The Morgan fingerprint density at radius 2 is 0.941 bits per heavy atom. The van der Waals surface area contributed by atoms with Crippen LogP contribution in [0.1, 0.15) is 27.7 Å². The van der Waals surface area contributed by atoms with E-state index in [-0.39, 0.29) is 21.1 Å². The van der Waals surface area contributed by atoms with Crippen LogP contribution in [0.4, 0.5) is 0 Å². The molecule has 0 radical (unpaired) electrons. The van der Waals surface area contributed by atoms with Gasteiger partial charge in [0.25, 0.3) is 0 Å². The molecule has 2 nitrogen and oxygen atoms in total. The molecule has 0 atom stereocenters. The second-order valence-electron chi connectivity index (χ2n) is 2.91. The van der Waals surface area contributed by atoms with Crippen LogP contribution in [0.5, 0.6) is 0 Å². The van der Waals surface area contributed by atoms with Gasteiger partial charge in [0.05, 0.1) is 0 Å². The van der Waals surface area contributed by atoms with Gasteiger partial charge in [0.2, 0.25) is 0 Å². The van der Waals surface area contributed by atoms with E-state index in [1.807, 2.05) is 9.80 Å². The molecule has 0 aliphatic rings. The zero-order valence-corrected chi connectivity index (χ0v) is 16.4. The average molecular weight is 494 g/mol. The quantitative estimate of drug-likeness (QED) is 0.459. The molecule has 0 bridgehead atoms. The molecule has 0 amide bonds. The first-order valence-electron chi connectivity index (χ1n) is 5.40. The monoisotopic (exact) mass is 493 g/mol. The summed E-state index contributed by atoms with van der Waals surface area (Å²) >= 11 is 17.6. The maximum atomic E-state index is 4.81. The van der Waals surface area contributed by atoms with Crippen molar-refractivity contribution in [3.05, 3.63) is 0 Å². The van der Waals surface area contributed by atoms with Gasteiger partial charge < -0.3 is 9.80 Å². The van der Waals surface area contributed by atoms with Crippen molar-refractivity contribution in [1.82, 2.24) is 9.80 Å². The molecule has 17 heavy (non-hydrogen) atoms. The Morgan fingerprint density at radius 3 is 0.941 bits per heavy atom. The van der Waals surface area contributed by atoms with E-state index >= 15 is 0 Å². The molecule has 0 aromatic rings. The first kappa shape index (κ1) is 23.3. The molecule has 0 aromatic heterocycles. The van der Waals surface area contributed by atoms with Crippen LogP contribution in [0.25, 0.3) is 0 Å². The van der Waals surface area contributed by atoms with E-state index < -0.39 is 0 Å². The van der Waals surface area contributed by atoms with Crippen molar-refractivity contribution in [1.29, 1.82) is 0 Å². The van der Waals surface area contributed by atoms with Crippen LogP contribution in [-0.2, 0) is 21.1 Å². The summed E-state index contributed by atoms with van der Waals surface area (Å²) in [5.74, 6) is 0. The Morgan fingerprint density at radius 1 is 0.765 bits per heavy atom. The molecule has 0 N–H and O–H groups in total. The number of thiol groups is 2. The van der Waals surface area contributed by atoms with E-state index in [0.717, 1.165) is 26.2 Å². The SMILES string of the molecule is CCN(CC)C(=S)S.CCN(CC)C(=S)S.[Pt+2]. The van der Waals surface area contributed by atoms with E-state index in [1.165, 1.54) is 0 Å². The molecule has 0 saturated heterocycles. The summed E-state index contributed by atoms with van der Waals surface area (Å²) in [6.07, 6.45) is 0. The molecule has 0 aromatic carbocycles. The van der Waals surface area contributed by atoms with E-state index in [9.17, 15) is 0 Å². The summed E-state index contributed by atoms with van der Waals surface area (Å²) in [4.78, 5) is 4.02. The number of nitrogens with zero attached hydrogens (tertiary/aromatic N) is 2. The second-order valence-corrected chi connectivity index (χ2v) is 5.14. The van der Waals surface area contributed by atoms with Crippen LogP contribution in [0.3, 0.4) is 0 Å². The summed E-state index contributed by atoms with van der Waals surface area (Å²) in [6.45, 7) is 12.1. The van der Waals surface area contributed by atoms with Crippen molar-refractivity contribution in [2.24, 2.45) is 0 Å². The third-order valence-corrected chi connectivity index (χ3v) is 3.15. The maximum Gasteiger partial charge on any atom is 2.00 e. The van der Waals surface area contributed by atoms with Crippen LogP contribution in [0.15, 0.2) is 0 Å². The summed E-state index contributed by atoms with van der Waals surface area (Å²) in [5, 5.41) is 0. The first-order chi connectivity index (χ1) is 7.44. The van der Waals surface area contributed by atoms with Gasteiger partial charge in [0.15, 0.2) is 0 Å². The zero-order chi connectivity index (χ0) is 13.1. The fourth-order valence-corrected chi connectivity index (χ4v) is 2.07. The van der Waals surface area contributed by atoms with Gasteiger partial charge in [-0.3, -0.25) is 0 Å². The number of hydrogen-bond donors (Lipinski definition) is 2. The van der Waals surface area contributed by atoms with Crippen molar-refractivity contribution in [2.45, 2.75) is 27.7 Å². The molecule has 0 aliphatic heterocycles. The van der Waals surface area contributed by atoms with Crippen molar-refractivity contribution >= 4 is 58.3 Å². The molecule has 0 spiro atoms. The Labute approximate surface area is 142 Å². The van der Waals surface area contributed by atoms with Crippen molar-refractivity contribution in [3.8, 4) is 0 Å². The normalized spacial score (nSPS) is 8.35. The van der Waals surface area contributed by atoms with Gasteiger partial charge in [-0.05, 0) is 27.7 Å². The van der Waals surface area contributed by atoms with E-state index in [1.54, 1.807) is 0 Å². The summed E-state index contributed by atoms with van der Waals surface area (Å²) < 4.78 is 1.38. The standard InChI is InChI=1S/2C5H11NS2.Pt/c2*1-3-6(4-2)5(7)8;/h2*3-4H2,1-2H3,(H,7,8);/q;;+2. The first-order valence-corrected chi connectivity index (χ1v) is 7.11. The minimum atomic E-state index is 0. The van der Waals surface area contributed by atoms with Gasteiger partial charge in [-0.1, -0.05) is 24.4 Å². The van der Waals surface area contributed by atoms with Gasteiger partial charge in [-0.2, -0.15) is 0 Å². The van der Waals surface area contributed by atoms with Crippen LogP contribution in [0, 0.1) is 0 Å². The third-order valence-electron chi connectivity index (χ3n) is 2.07. The molecule has 0 rings (SSSR count). The number of rotatable bonds is 4. The van der Waals surface area contributed by atoms with Crippen molar-refractivity contribution in [3.63, 3.8) is 0 Å². The summed E-state index contributed by atoms with van der Waals surface area (Å²) in [6, 6.07) is 0. The van der Waals surface area contributed by atoms with Crippen LogP contribution in [0.2, 0.25) is 0 Å². The van der Waals surface area contributed by atoms with Gasteiger partial charge in [0.1, 0.15) is 8.64 Å². The van der Waals surface area contributed by atoms with Crippen molar-refractivity contribution in [2.75, 3.05) is 26.2 Å². The zero-order valence-electron chi connectivity index (χ0n) is 10.8. The molecule has 0 heterocycles. The Bertz CT molecular complexity index is 184. The second kappa shape index (κ2) is 15.2. The van der Waals surface area contributed by atoms with Gasteiger partial charge in [-0.15, -0.1) is 25.3 Å². The molecule has 7 heteroatoms. The van der Waals surface area contributed by atoms with Gasteiger partial charge >= 0.3 is 21.1 Å². The molecular weight excluding hydrogens is 471 g/mol. The minimum Gasteiger partial charge on any atom is -0.358 e. The predicted octanol–water partition coefficient (Wildman–Crippen LogP) is 3.08. The molecule has 0 aliphatic carbocycles. The molecule has 0 saturated carbocycles. The molecule has 0 fully saturated rings. The number of hydrogen-bond acceptors (Lipinski definition) is 2. The molecule has 104 valence electrons. The van der Waals surface area contributed by atoms with E-state index in [2.05, 4.69) is 53.0 Å². The van der Waals surface area contributed by atoms with Crippen LogP contribution in [-0.4, -0.2) is 44.6 Å². The average Bonchev–Trinajstić information content (AvgIpc) is 2.21. The van der Waals surface area contributed by atoms with Gasteiger partial charge in [-0.25, -0.2) is 0 Å². The van der Waals surface area contributed by atoms with E-state index in [0.29, 0.717) is 8.64 Å². The predicted molar refractivity (Wildman–Crippen MR) is 89.0 cm³/mol. The van der Waals surface area contributed by atoms with Crippen LogP contribution >= 0.6 is 49.7 Å². The number of thiocarbonyl (C=S) groups is 2. The topological polar surface area (TPSA) is 6.48 Å². The third kappa shape index (κ3) is 13.4. The Hall–Kier alpha value is 1.17. The molecule has 0 unspecified atom stereocenters. The maximum absolute atomic E-state index is 4.81. The Kier molecular flexibility index (Phi) is 20.8. The van der Waals surface area contributed by atoms with E-state index in [4.69, 9.17) is 24.4 Å². The van der Waals surface area contributed by atoms with Crippen molar-refractivity contribution < 1.29 is 21.1 Å². The van der Waals surface area contributed by atoms with Gasteiger partial charge in [0, 0.05) is 26.2 Å². The summed E-state index contributed by atoms with van der Waals surface area (Å²) in [5.41, 5.74) is 0. The fraction of sp³-hybridized carbons (Fsp3) is 0.800. The smallest absolute Gasteiger partial charge is 0.358 e. The Balaban J connectivity index is -0.000000218. The minimum absolute atomic E-state index is 0. The van der Waals surface area contributed by atoms with Crippen LogP contribution < -0.4 is 0 Å². The summed E-state index contributed by atoms with van der Waals surface area (Å²) in [7, 11) is 0. The largest absolute Gasteiger partial charge is 2.00 e. The fourth-order valence-electron chi connectivity index (χ4n) is 0.988.